The summed E-state index contributed by atoms with van der Waals surface area (Å²) in [5, 5.41) is 5.65. The summed E-state index contributed by atoms with van der Waals surface area (Å²) in [5.74, 6) is 0.0184. The van der Waals surface area contributed by atoms with Crippen LogP contribution in [0.15, 0.2) is 10.6 Å². The molecule has 3 nitrogen and oxygen atoms in total. The van der Waals surface area contributed by atoms with Gasteiger partial charge in [-0.2, -0.15) is 13.2 Å². The first-order valence-electron chi connectivity index (χ1n) is 4.00. The zero-order valence-corrected chi connectivity index (χ0v) is 8.07. The highest BCUT2D eigenvalue weighted by molar-refractivity contribution is 5.34. The predicted molar refractivity (Wildman–Crippen MR) is 44.9 cm³/mol. The normalized spacial score (nSPS) is 13.0. The third-order valence-electron chi connectivity index (χ3n) is 1.30. The standard InChI is InChI=1S/C8H11F3N2O/c1-7(2,3)12-6-4-5(13-14-6)8(9,10)11/h4,12H,1-3H3. The van der Waals surface area contributed by atoms with Crippen LogP contribution in [0.4, 0.5) is 19.1 Å². The molecule has 0 bridgehead atoms. The van der Waals surface area contributed by atoms with Crippen LogP contribution < -0.4 is 5.32 Å². The predicted octanol–water partition coefficient (Wildman–Crippen LogP) is 2.90. The monoisotopic (exact) mass is 208 g/mol. The fraction of sp³-hybridized carbons (Fsp3) is 0.625. The zero-order chi connectivity index (χ0) is 11.0. The second kappa shape index (κ2) is 3.18. The van der Waals surface area contributed by atoms with E-state index in [1.807, 2.05) is 20.8 Å². The zero-order valence-electron chi connectivity index (χ0n) is 8.07. The summed E-state index contributed by atoms with van der Waals surface area (Å²) in [7, 11) is 0. The van der Waals surface area contributed by atoms with E-state index in [0.717, 1.165) is 6.07 Å². The summed E-state index contributed by atoms with van der Waals surface area (Å²) >= 11 is 0. The van der Waals surface area contributed by atoms with E-state index in [9.17, 15) is 13.2 Å². The fourth-order valence-electron chi connectivity index (χ4n) is 0.837. The Morgan fingerprint density at radius 3 is 2.21 bits per heavy atom. The minimum Gasteiger partial charge on any atom is -0.349 e. The SMILES string of the molecule is CC(C)(C)Nc1cc(C(F)(F)F)no1. The molecular formula is C8H11F3N2O. The second-order valence-electron chi connectivity index (χ2n) is 3.95. The molecule has 1 N–H and O–H groups in total. The number of rotatable bonds is 1. The topological polar surface area (TPSA) is 38.1 Å². The molecule has 0 radical (unpaired) electrons. The van der Waals surface area contributed by atoms with Gasteiger partial charge in [0.15, 0.2) is 5.69 Å². The summed E-state index contributed by atoms with van der Waals surface area (Å²) in [6.45, 7) is 5.42. The summed E-state index contributed by atoms with van der Waals surface area (Å²) in [6, 6.07) is 0.839. The smallest absolute Gasteiger partial charge is 0.349 e. The Hall–Kier alpha value is -1.20. The van der Waals surface area contributed by atoms with E-state index in [1.165, 1.54) is 0 Å². The Morgan fingerprint density at radius 1 is 1.29 bits per heavy atom. The molecule has 0 amide bonds. The number of aromatic nitrogens is 1. The maximum absolute atomic E-state index is 12.1. The summed E-state index contributed by atoms with van der Waals surface area (Å²) in [5.41, 5.74) is -1.38. The molecule has 0 atom stereocenters. The molecule has 1 rings (SSSR count). The minimum atomic E-state index is -4.46. The van der Waals surface area contributed by atoms with Crippen molar-refractivity contribution < 1.29 is 17.7 Å². The first kappa shape index (κ1) is 10.9. The average molecular weight is 208 g/mol. The lowest BCUT2D eigenvalue weighted by Crippen LogP contribution is -2.25. The van der Waals surface area contributed by atoms with E-state index in [-0.39, 0.29) is 11.4 Å². The van der Waals surface area contributed by atoms with Gasteiger partial charge in [0.1, 0.15) is 0 Å². The molecule has 0 aliphatic heterocycles. The Balaban J connectivity index is 2.79. The number of alkyl halides is 3. The molecule has 0 saturated heterocycles. The number of nitrogens with one attached hydrogen (secondary N) is 1. The molecule has 0 saturated carbocycles. The molecule has 1 aromatic heterocycles. The highest BCUT2D eigenvalue weighted by Crippen LogP contribution is 2.30. The van der Waals surface area contributed by atoms with Crippen LogP contribution in [-0.4, -0.2) is 10.7 Å². The third kappa shape index (κ3) is 2.93. The van der Waals surface area contributed by atoms with Gasteiger partial charge in [0, 0.05) is 11.6 Å². The van der Waals surface area contributed by atoms with Gasteiger partial charge in [0.2, 0.25) is 5.88 Å². The highest BCUT2D eigenvalue weighted by atomic mass is 19.4. The van der Waals surface area contributed by atoms with Crippen molar-refractivity contribution in [2.24, 2.45) is 0 Å². The van der Waals surface area contributed by atoms with Gasteiger partial charge in [0.05, 0.1) is 0 Å². The first-order chi connectivity index (χ1) is 6.18. The van der Waals surface area contributed by atoms with Crippen LogP contribution in [0.2, 0.25) is 0 Å². The molecule has 0 aliphatic carbocycles. The maximum Gasteiger partial charge on any atom is 0.436 e. The van der Waals surface area contributed by atoms with E-state index >= 15 is 0 Å². The Kier molecular flexibility index (Phi) is 2.47. The van der Waals surface area contributed by atoms with Crippen LogP contribution in [0, 0.1) is 0 Å². The van der Waals surface area contributed by atoms with Crippen molar-refractivity contribution in [2.75, 3.05) is 5.32 Å². The number of halogens is 3. The van der Waals surface area contributed by atoms with Crippen molar-refractivity contribution in [1.29, 1.82) is 0 Å². The minimum absolute atomic E-state index is 0.0184. The van der Waals surface area contributed by atoms with Gasteiger partial charge < -0.3 is 9.84 Å². The van der Waals surface area contributed by atoms with Crippen molar-refractivity contribution in [2.45, 2.75) is 32.5 Å². The lowest BCUT2D eigenvalue weighted by Gasteiger charge is -2.18. The molecule has 1 aromatic rings. The van der Waals surface area contributed by atoms with Crippen LogP contribution in [0.3, 0.4) is 0 Å². The maximum atomic E-state index is 12.1. The molecule has 0 aromatic carbocycles. The van der Waals surface area contributed by atoms with E-state index in [4.69, 9.17) is 0 Å². The molecule has 1 heterocycles. The van der Waals surface area contributed by atoms with Crippen LogP contribution in [0.5, 0.6) is 0 Å². The van der Waals surface area contributed by atoms with Crippen molar-refractivity contribution in [1.82, 2.24) is 5.16 Å². The Bertz CT molecular complexity index is 311. The van der Waals surface area contributed by atoms with E-state index < -0.39 is 11.9 Å². The van der Waals surface area contributed by atoms with Crippen LogP contribution >= 0.6 is 0 Å². The number of nitrogens with zero attached hydrogens (tertiary/aromatic N) is 1. The van der Waals surface area contributed by atoms with Crippen LogP contribution in [0.25, 0.3) is 0 Å². The first-order valence-corrected chi connectivity index (χ1v) is 4.00. The molecule has 14 heavy (non-hydrogen) atoms. The molecule has 0 unspecified atom stereocenters. The number of anilines is 1. The second-order valence-corrected chi connectivity index (χ2v) is 3.95. The van der Waals surface area contributed by atoms with Crippen molar-refractivity contribution in [3.63, 3.8) is 0 Å². The lowest BCUT2D eigenvalue weighted by atomic mass is 10.1. The van der Waals surface area contributed by atoms with Crippen molar-refractivity contribution >= 4 is 5.88 Å². The third-order valence-corrected chi connectivity index (χ3v) is 1.30. The fourth-order valence-corrected chi connectivity index (χ4v) is 0.837. The van der Waals surface area contributed by atoms with Gasteiger partial charge >= 0.3 is 6.18 Å². The quantitative estimate of drug-likeness (QED) is 0.771. The summed E-state index contributed by atoms with van der Waals surface area (Å²) < 4.78 is 40.7. The highest BCUT2D eigenvalue weighted by Gasteiger charge is 2.35. The van der Waals surface area contributed by atoms with Crippen molar-refractivity contribution in [3.8, 4) is 0 Å². The number of hydrogen-bond acceptors (Lipinski definition) is 3. The lowest BCUT2D eigenvalue weighted by molar-refractivity contribution is -0.142. The van der Waals surface area contributed by atoms with Gasteiger partial charge in [-0.1, -0.05) is 5.16 Å². The van der Waals surface area contributed by atoms with Crippen molar-refractivity contribution in [3.05, 3.63) is 11.8 Å². The molecule has 0 aliphatic rings. The van der Waals surface area contributed by atoms with E-state index in [2.05, 4.69) is 15.0 Å². The summed E-state index contributed by atoms with van der Waals surface area (Å²) in [4.78, 5) is 0. The molecule has 6 heteroatoms. The van der Waals surface area contributed by atoms with Gasteiger partial charge in [-0.25, -0.2) is 0 Å². The van der Waals surface area contributed by atoms with Crippen LogP contribution in [0.1, 0.15) is 26.5 Å². The van der Waals surface area contributed by atoms with Crippen LogP contribution in [-0.2, 0) is 6.18 Å². The average Bonchev–Trinajstić information content (AvgIpc) is 2.29. The van der Waals surface area contributed by atoms with Gasteiger partial charge in [-0.05, 0) is 20.8 Å². The summed E-state index contributed by atoms with van der Waals surface area (Å²) in [6.07, 6.45) is -4.46. The van der Waals surface area contributed by atoms with E-state index in [0.29, 0.717) is 0 Å². The van der Waals surface area contributed by atoms with E-state index in [1.54, 1.807) is 0 Å². The molecule has 0 spiro atoms. The van der Waals surface area contributed by atoms with Gasteiger partial charge in [0.25, 0.3) is 0 Å². The molecule has 0 fully saturated rings. The van der Waals surface area contributed by atoms with Gasteiger partial charge in [-0.3, -0.25) is 0 Å². The van der Waals surface area contributed by atoms with Gasteiger partial charge in [-0.15, -0.1) is 0 Å². The largest absolute Gasteiger partial charge is 0.436 e. The number of hydrogen-bond donors (Lipinski definition) is 1. The molecular weight excluding hydrogens is 197 g/mol. The Labute approximate surface area is 79.3 Å². The Morgan fingerprint density at radius 2 is 1.86 bits per heavy atom. The molecule has 80 valence electrons.